The number of non-ortho nitro benzene ring substituents is 1. The van der Waals surface area contributed by atoms with Gasteiger partial charge in [-0.15, -0.1) is 21.5 Å². The van der Waals surface area contributed by atoms with E-state index in [0.29, 0.717) is 16.3 Å². The van der Waals surface area contributed by atoms with Crippen LogP contribution in [0, 0.1) is 15.9 Å². The number of hydrogen-bond donors (Lipinski definition) is 2. The Balaban J connectivity index is 1.36. The average molecular weight is 673 g/mol. The van der Waals surface area contributed by atoms with E-state index >= 15 is 0 Å². The monoisotopic (exact) mass is 672 g/mol. The Morgan fingerprint density at radius 3 is 2.60 bits per heavy atom. The van der Waals surface area contributed by atoms with Crippen LogP contribution in [0.2, 0.25) is 5.02 Å². The molecule has 45 heavy (non-hydrogen) atoms. The largest absolute Gasteiger partial charge is 0.462 e. The predicted molar refractivity (Wildman–Crippen MR) is 167 cm³/mol. The standard InChI is InChI=1S/C29H26ClFN6O6S2/c1-2-43-28(40)24-18-6-3-4-9-21(18)45-27(24)33-23(38)15-44-29-35-34-22(36(29)16-10-12-17(13-11-16)37(41)42)14-32-26(39)25-19(30)7-5-8-20(25)31/h5,7-8,10-13H,2-4,6,9,14-15H2,1H3,(H,32,39)(H,33,38). The number of carbonyl (C=O) groups excluding carboxylic acids is 3. The summed E-state index contributed by atoms with van der Waals surface area (Å²) < 4.78 is 21.1. The second kappa shape index (κ2) is 14.2. The molecule has 12 nitrogen and oxygen atoms in total. The van der Waals surface area contributed by atoms with Crippen molar-refractivity contribution >= 4 is 63.2 Å². The van der Waals surface area contributed by atoms with E-state index in [1.807, 2.05) is 0 Å². The molecule has 0 atom stereocenters. The van der Waals surface area contributed by atoms with Crippen LogP contribution < -0.4 is 10.6 Å². The third-order valence-corrected chi connectivity index (χ3v) is 9.30. The van der Waals surface area contributed by atoms with Gasteiger partial charge < -0.3 is 15.4 Å². The summed E-state index contributed by atoms with van der Waals surface area (Å²) in [5, 5.41) is 25.6. The minimum Gasteiger partial charge on any atom is -0.462 e. The van der Waals surface area contributed by atoms with Crippen molar-refractivity contribution in [3.8, 4) is 5.69 Å². The highest BCUT2D eigenvalue weighted by Gasteiger charge is 2.28. The molecule has 234 valence electrons. The molecule has 0 saturated carbocycles. The fraction of sp³-hybridized carbons (Fsp3) is 0.276. The Hall–Kier alpha value is -4.34. The van der Waals surface area contributed by atoms with Gasteiger partial charge >= 0.3 is 5.97 Å². The van der Waals surface area contributed by atoms with Gasteiger partial charge in [0, 0.05) is 22.7 Å². The molecule has 5 rings (SSSR count). The quantitative estimate of drug-likeness (QED) is 0.0876. The van der Waals surface area contributed by atoms with E-state index in [4.69, 9.17) is 16.3 Å². The number of amides is 2. The molecule has 0 radical (unpaired) electrons. The zero-order chi connectivity index (χ0) is 32.1. The summed E-state index contributed by atoms with van der Waals surface area (Å²) in [5.74, 6) is -2.35. The highest BCUT2D eigenvalue weighted by molar-refractivity contribution is 7.99. The molecule has 0 spiro atoms. The summed E-state index contributed by atoms with van der Waals surface area (Å²) >= 11 is 8.43. The van der Waals surface area contributed by atoms with Crippen LogP contribution in [0.1, 0.15) is 56.7 Å². The van der Waals surface area contributed by atoms with Gasteiger partial charge in [0.05, 0.1) is 40.0 Å². The minimum atomic E-state index is -0.795. The Labute approximate surface area is 269 Å². The number of nitro groups is 1. The van der Waals surface area contributed by atoms with Gasteiger partial charge in [-0.3, -0.25) is 24.3 Å². The Bertz CT molecular complexity index is 1760. The number of nitrogens with one attached hydrogen (secondary N) is 2. The van der Waals surface area contributed by atoms with Gasteiger partial charge in [-0.2, -0.15) is 0 Å². The highest BCUT2D eigenvalue weighted by atomic mass is 35.5. The van der Waals surface area contributed by atoms with Gasteiger partial charge in [0.1, 0.15) is 10.8 Å². The normalized spacial score (nSPS) is 12.3. The number of anilines is 1. The Kier molecular flexibility index (Phi) is 10.1. The molecule has 0 aliphatic heterocycles. The number of nitro benzene ring substituents is 1. The van der Waals surface area contributed by atoms with Crippen molar-refractivity contribution in [2.45, 2.75) is 44.3 Å². The SMILES string of the molecule is CCOC(=O)c1c(NC(=O)CSc2nnc(CNC(=O)c3c(F)cccc3Cl)n2-c2ccc([N+](=O)[O-])cc2)sc2c1CCCC2. The van der Waals surface area contributed by atoms with E-state index in [1.54, 1.807) is 6.92 Å². The van der Waals surface area contributed by atoms with Crippen molar-refractivity contribution < 1.29 is 28.4 Å². The summed E-state index contributed by atoms with van der Waals surface area (Å²) in [4.78, 5) is 50.4. The van der Waals surface area contributed by atoms with E-state index in [1.165, 1.54) is 52.3 Å². The molecule has 16 heteroatoms. The van der Waals surface area contributed by atoms with E-state index in [2.05, 4.69) is 20.8 Å². The second-order valence-electron chi connectivity index (χ2n) is 9.76. The average Bonchev–Trinajstić information content (AvgIpc) is 3.59. The molecule has 2 amide bonds. The maximum absolute atomic E-state index is 14.3. The van der Waals surface area contributed by atoms with Crippen molar-refractivity contribution in [1.82, 2.24) is 20.1 Å². The predicted octanol–water partition coefficient (Wildman–Crippen LogP) is 5.75. The molecule has 0 saturated heterocycles. The number of thiophene rings is 1. The van der Waals surface area contributed by atoms with Crippen LogP contribution in [-0.4, -0.2) is 49.8 Å². The second-order valence-corrected chi connectivity index (χ2v) is 12.2. The van der Waals surface area contributed by atoms with E-state index < -0.39 is 28.5 Å². The van der Waals surface area contributed by atoms with Crippen molar-refractivity contribution in [2.24, 2.45) is 0 Å². The third-order valence-electron chi connectivity index (χ3n) is 6.85. The molecule has 1 aliphatic carbocycles. The first-order valence-corrected chi connectivity index (χ1v) is 16.0. The van der Waals surface area contributed by atoms with Crippen LogP contribution in [0.4, 0.5) is 15.1 Å². The number of thioether (sulfide) groups is 1. The molecule has 2 aromatic heterocycles. The lowest BCUT2D eigenvalue weighted by molar-refractivity contribution is -0.384. The lowest BCUT2D eigenvalue weighted by Crippen LogP contribution is -2.26. The summed E-state index contributed by atoms with van der Waals surface area (Å²) in [6, 6.07) is 9.43. The summed E-state index contributed by atoms with van der Waals surface area (Å²) in [6.45, 7) is 1.73. The van der Waals surface area contributed by atoms with Crippen molar-refractivity contribution in [1.29, 1.82) is 0 Å². The minimum absolute atomic E-state index is 0.0655. The van der Waals surface area contributed by atoms with Crippen LogP contribution in [0.5, 0.6) is 0 Å². The highest BCUT2D eigenvalue weighted by Crippen LogP contribution is 2.39. The molecule has 2 aromatic carbocycles. The number of ether oxygens (including phenoxy) is 1. The van der Waals surface area contributed by atoms with Gasteiger partial charge in [0.15, 0.2) is 11.0 Å². The number of aryl methyl sites for hydroxylation is 1. The van der Waals surface area contributed by atoms with Gasteiger partial charge in [-0.25, -0.2) is 9.18 Å². The van der Waals surface area contributed by atoms with Gasteiger partial charge in [0.2, 0.25) is 5.91 Å². The summed E-state index contributed by atoms with van der Waals surface area (Å²) in [7, 11) is 0. The molecule has 4 aromatic rings. The van der Waals surface area contributed by atoms with Crippen molar-refractivity contribution in [2.75, 3.05) is 17.7 Å². The van der Waals surface area contributed by atoms with E-state index in [-0.39, 0.29) is 46.2 Å². The van der Waals surface area contributed by atoms with Crippen LogP contribution in [-0.2, 0) is 28.9 Å². The van der Waals surface area contributed by atoms with Crippen LogP contribution in [0.3, 0.4) is 0 Å². The topological polar surface area (TPSA) is 158 Å². The number of benzene rings is 2. The number of hydrogen-bond acceptors (Lipinski definition) is 10. The van der Waals surface area contributed by atoms with Gasteiger partial charge in [0.25, 0.3) is 11.6 Å². The molecule has 2 N–H and O–H groups in total. The number of esters is 1. The van der Waals surface area contributed by atoms with Crippen molar-refractivity contribution in [3.63, 3.8) is 0 Å². The van der Waals surface area contributed by atoms with E-state index in [0.717, 1.165) is 54.0 Å². The molecular weight excluding hydrogens is 647 g/mol. The smallest absolute Gasteiger partial charge is 0.341 e. The Morgan fingerprint density at radius 1 is 1.13 bits per heavy atom. The fourth-order valence-corrected chi connectivity index (χ4v) is 7.13. The molecule has 0 unspecified atom stereocenters. The third kappa shape index (κ3) is 7.16. The summed E-state index contributed by atoms with van der Waals surface area (Å²) in [6.07, 6.45) is 3.53. The number of carbonyl (C=O) groups is 3. The fourth-order valence-electron chi connectivity index (χ4n) is 4.82. The first-order chi connectivity index (χ1) is 21.7. The summed E-state index contributed by atoms with van der Waals surface area (Å²) in [5.41, 5.74) is 1.29. The Morgan fingerprint density at radius 2 is 1.89 bits per heavy atom. The number of nitrogens with zero attached hydrogens (tertiary/aromatic N) is 4. The first-order valence-electron chi connectivity index (χ1n) is 13.8. The lowest BCUT2D eigenvalue weighted by atomic mass is 9.95. The number of halogens is 2. The van der Waals surface area contributed by atoms with E-state index in [9.17, 15) is 28.9 Å². The number of aromatic nitrogens is 3. The maximum Gasteiger partial charge on any atom is 0.341 e. The molecule has 0 fully saturated rings. The van der Waals surface area contributed by atoms with Crippen LogP contribution in [0.25, 0.3) is 5.69 Å². The first kappa shape index (κ1) is 32.1. The van der Waals surface area contributed by atoms with Gasteiger partial charge in [-0.05, 0) is 62.4 Å². The maximum atomic E-state index is 14.3. The molecular formula is C29H26ClFN6O6S2. The number of fused-ring (bicyclic) bond motifs is 1. The molecule has 0 bridgehead atoms. The zero-order valence-electron chi connectivity index (χ0n) is 23.8. The molecule has 1 aliphatic rings. The molecule has 2 heterocycles. The van der Waals surface area contributed by atoms with Crippen LogP contribution in [0.15, 0.2) is 47.6 Å². The van der Waals surface area contributed by atoms with Gasteiger partial charge in [-0.1, -0.05) is 29.4 Å². The van der Waals surface area contributed by atoms with Crippen molar-refractivity contribution in [3.05, 3.63) is 90.8 Å². The lowest BCUT2D eigenvalue weighted by Gasteiger charge is -2.12. The number of rotatable bonds is 11. The van der Waals surface area contributed by atoms with Crippen LogP contribution >= 0.6 is 34.7 Å². The zero-order valence-corrected chi connectivity index (χ0v) is 26.2.